The van der Waals surface area contributed by atoms with Crippen LogP contribution in [0.15, 0.2) is 35.7 Å². The van der Waals surface area contributed by atoms with E-state index in [1.54, 1.807) is 11.3 Å². The quantitative estimate of drug-likeness (QED) is 0.572. The average molecular weight is 413 g/mol. The van der Waals surface area contributed by atoms with Gasteiger partial charge in [0.15, 0.2) is 0 Å². The van der Waals surface area contributed by atoms with Crippen molar-refractivity contribution in [3.8, 4) is 11.1 Å². The van der Waals surface area contributed by atoms with Crippen molar-refractivity contribution >= 4 is 39.0 Å². The number of fused-ring (bicyclic) bond motifs is 1. The Labute approximate surface area is 175 Å². The third-order valence-electron chi connectivity index (χ3n) is 6.19. The summed E-state index contributed by atoms with van der Waals surface area (Å²) in [5, 5.41) is 7.42. The molecule has 2 fully saturated rings. The van der Waals surface area contributed by atoms with E-state index in [2.05, 4.69) is 55.9 Å². The molecule has 4 nitrogen and oxygen atoms in total. The van der Waals surface area contributed by atoms with Crippen LogP contribution in [0.5, 0.6) is 0 Å². The molecule has 0 spiro atoms. The van der Waals surface area contributed by atoms with Gasteiger partial charge in [0.1, 0.15) is 10.6 Å². The number of thiophene rings is 1. The summed E-state index contributed by atoms with van der Waals surface area (Å²) in [5.41, 5.74) is 2.42. The topological polar surface area (TPSA) is 41.1 Å². The van der Waals surface area contributed by atoms with Gasteiger partial charge in [-0.1, -0.05) is 36.8 Å². The number of piperidine rings is 1. The molecule has 1 aromatic carbocycles. The molecule has 1 saturated heterocycles. The Morgan fingerprint density at radius 1 is 1.07 bits per heavy atom. The lowest BCUT2D eigenvalue weighted by molar-refractivity contribution is 0.295. The molecule has 28 heavy (non-hydrogen) atoms. The second-order valence-corrected chi connectivity index (χ2v) is 9.17. The van der Waals surface area contributed by atoms with E-state index in [1.165, 1.54) is 43.2 Å². The summed E-state index contributed by atoms with van der Waals surface area (Å²) in [6.45, 7) is 3.22. The molecular formula is C22H25ClN4S. The van der Waals surface area contributed by atoms with E-state index < -0.39 is 0 Å². The fourth-order valence-electron chi connectivity index (χ4n) is 4.25. The number of halogens is 1. The van der Waals surface area contributed by atoms with E-state index in [1.807, 2.05) is 0 Å². The van der Waals surface area contributed by atoms with Crippen LogP contribution in [-0.4, -0.2) is 35.6 Å². The van der Waals surface area contributed by atoms with Crippen molar-refractivity contribution in [2.24, 2.45) is 5.92 Å². The monoisotopic (exact) mass is 412 g/mol. The third kappa shape index (κ3) is 3.63. The Kier molecular flexibility index (Phi) is 5.22. The molecule has 1 saturated carbocycles. The number of aromatic nitrogens is 2. The molecule has 0 amide bonds. The lowest BCUT2D eigenvalue weighted by Crippen LogP contribution is -2.42. The first-order valence-electron chi connectivity index (χ1n) is 10.3. The van der Waals surface area contributed by atoms with Gasteiger partial charge >= 0.3 is 0 Å². The molecule has 6 heteroatoms. The number of nitrogens with one attached hydrogen (secondary N) is 1. The highest BCUT2D eigenvalue weighted by atomic mass is 35.5. The molecular weight excluding hydrogens is 388 g/mol. The summed E-state index contributed by atoms with van der Waals surface area (Å²) in [6.07, 6.45) is 6.51. The van der Waals surface area contributed by atoms with Crippen molar-refractivity contribution in [2.75, 3.05) is 24.5 Å². The lowest BCUT2D eigenvalue weighted by atomic mass is 9.91. The van der Waals surface area contributed by atoms with Gasteiger partial charge < -0.3 is 10.2 Å². The first-order chi connectivity index (χ1) is 13.8. The van der Waals surface area contributed by atoms with Crippen LogP contribution >= 0.6 is 22.9 Å². The third-order valence-corrected chi connectivity index (χ3v) is 7.23. The number of anilines is 1. The highest BCUT2D eigenvalue weighted by Gasteiger charge is 2.25. The van der Waals surface area contributed by atoms with Gasteiger partial charge in [0.05, 0.1) is 5.39 Å². The van der Waals surface area contributed by atoms with Gasteiger partial charge in [0.2, 0.25) is 5.28 Å². The van der Waals surface area contributed by atoms with Gasteiger partial charge in [0, 0.05) is 30.1 Å². The predicted octanol–water partition coefficient (Wildman–Crippen LogP) is 5.37. The number of nitrogens with zero attached hydrogens (tertiary/aromatic N) is 3. The predicted molar refractivity (Wildman–Crippen MR) is 118 cm³/mol. The van der Waals surface area contributed by atoms with Crippen LogP contribution < -0.4 is 10.2 Å². The van der Waals surface area contributed by atoms with Crippen LogP contribution in [0.2, 0.25) is 5.28 Å². The summed E-state index contributed by atoms with van der Waals surface area (Å²) in [6, 6.07) is 11.3. The molecule has 2 aromatic heterocycles. The van der Waals surface area contributed by atoms with Crippen LogP contribution in [0.3, 0.4) is 0 Å². The molecule has 2 aliphatic rings. The maximum Gasteiger partial charge on any atom is 0.225 e. The Morgan fingerprint density at radius 3 is 2.57 bits per heavy atom. The molecule has 0 bridgehead atoms. The van der Waals surface area contributed by atoms with Gasteiger partial charge in [-0.15, -0.1) is 11.3 Å². The Bertz CT molecular complexity index is 946. The van der Waals surface area contributed by atoms with Crippen molar-refractivity contribution in [3.63, 3.8) is 0 Å². The number of benzene rings is 1. The smallest absolute Gasteiger partial charge is 0.225 e. The largest absolute Gasteiger partial charge is 0.356 e. The fourth-order valence-corrected chi connectivity index (χ4v) is 5.41. The molecule has 3 heterocycles. The van der Waals surface area contributed by atoms with Crippen molar-refractivity contribution in [1.82, 2.24) is 15.3 Å². The summed E-state index contributed by atoms with van der Waals surface area (Å²) in [4.78, 5) is 12.6. The van der Waals surface area contributed by atoms with E-state index in [0.717, 1.165) is 47.6 Å². The van der Waals surface area contributed by atoms with Gasteiger partial charge in [-0.2, -0.15) is 4.98 Å². The molecule has 3 aromatic rings. The van der Waals surface area contributed by atoms with Crippen molar-refractivity contribution in [1.29, 1.82) is 0 Å². The second kappa shape index (κ2) is 7.97. The second-order valence-electron chi connectivity index (χ2n) is 7.98. The van der Waals surface area contributed by atoms with Crippen LogP contribution in [0.4, 0.5) is 5.82 Å². The highest BCUT2D eigenvalue weighted by molar-refractivity contribution is 7.17. The maximum atomic E-state index is 6.28. The molecule has 0 radical (unpaired) electrons. The molecule has 1 aliphatic carbocycles. The number of hydrogen-bond donors (Lipinski definition) is 1. The standard InChI is InChI=1S/C22H25ClN4S/c23-22-25-20(27-11-9-15(10-12-27)13-24-17-7-4-8-17)19-18(14-28-21(19)26-22)16-5-2-1-3-6-16/h1-3,5-6,14-15,17,24H,4,7-13H2. The summed E-state index contributed by atoms with van der Waals surface area (Å²) in [5.74, 6) is 1.77. The zero-order valence-corrected chi connectivity index (χ0v) is 17.5. The van der Waals surface area contributed by atoms with E-state index in [4.69, 9.17) is 11.6 Å². The van der Waals surface area contributed by atoms with E-state index in [9.17, 15) is 0 Å². The van der Waals surface area contributed by atoms with E-state index in [0.29, 0.717) is 5.28 Å². The SMILES string of the molecule is Clc1nc(N2CCC(CNC3CCC3)CC2)c2c(-c3ccccc3)csc2n1. The Hall–Kier alpha value is -1.69. The highest BCUT2D eigenvalue weighted by Crippen LogP contribution is 2.39. The minimum atomic E-state index is 0.345. The lowest BCUT2D eigenvalue weighted by Gasteiger charge is -2.35. The van der Waals surface area contributed by atoms with E-state index in [-0.39, 0.29) is 0 Å². The first kappa shape index (κ1) is 18.3. The molecule has 0 atom stereocenters. The maximum absolute atomic E-state index is 6.28. The molecule has 1 N–H and O–H groups in total. The first-order valence-corrected chi connectivity index (χ1v) is 11.5. The minimum absolute atomic E-state index is 0.345. The molecule has 1 aliphatic heterocycles. The minimum Gasteiger partial charge on any atom is -0.356 e. The summed E-state index contributed by atoms with van der Waals surface area (Å²) < 4.78 is 0. The van der Waals surface area contributed by atoms with Gasteiger partial charge in [0.25, 0.3) is 0 Å². The molecule has 5 rings (SSSR count). The number of hydrogen-bond acceptors (Lipinski definition) is 5. The normalized spacial score (nSPS) is 18.5. The molecule has 0 unspecified atom stereocenters. The van der Waals surface area contributed by atoms with Crippen LogP contribution in [0.1, 0.15) is 32.1 Å². The Morgan fingerprint density at radius 2 is 1.86 bits per heavy atom. The average Bonchev–Trinajstić information content (AvgIpc) is 3.11. The number of rotatable bonds is 5. The fraction of sp³-hybridized carbons (Fsp3) is 0.455. The van der Waals surface area contributed by atoms with Gasteiger partial charge in [-0.3, -0.25) is 0 Å². The van der Waals surface area contributed by atoms with Gasteiger partial charge in [-0.05, 0) is 55.3 Å². The van der Waals surface area contributed by atoms with Crippen LogP contribution in [0, 0.1) is 5.92 Å². The van der Waals surface area contributed by atoms with Crippen molar-refractivity contribution in [3.05, 3.63) is 41.0 Å². The van der Waals surface area contributed by atoms with Crippen molar-refractivity contribution < 1.29 is 0 Å². The van der Waals surface area contributed by atoms with Crippen LogP contribution in [0.25, 0.3) is 21.3 Å². The van der Waals surface area contributed by atoms with Gasteiger partial charge in [-0.25, -0.2) is 4.98 Å². The molecule has 146 valence electrons. The summed E-state index contributed by atoms with van der Waals surface area (Å²) in [7, 11) is 0. The zero-order chi connectivity index (χ0) is 18.9. The van der Waals surface area contributed by atoms with Crippen molar-refractivity contribution in [2.45, 2.75) is 38.1 Å². The Balaban J connectivity index is 1.39. The zero-order valence-electron chi connectivity index (χ0n) is 15.9. The van der Waals surface area contributed by atoms with Crippen LogP contribution in [-0.2, 0) is 0 Å². The summed E-state index contributed by atoms with van der Waals surface area (Å²) >= 11 is 7.93. The van der Waals surface area contributed by atoms with E-state index >= 15 is 0 Å².